The van der Waals surface area contributed by atoms with E-state index in [4.69, 9.17) is 0 Å². The van der Waals surface area contributed by atoms with E-state index >= 15 is 0 Å². The van der Waals surface area contributed by atoms with Crippen LogP contribution in [0.2, 0.25) is 0 Å². The third kappa shape index (κ3) is 12.9. The van der Waals surface area contributed by atoms with Gasteiger partial charge in [0.2, 0.25) is 0 Å². The first-order chi connectivity index (χ1) is 13.3. The Balaban J connectivity index is 0.000000430. The number of likely N-dealkylation sites (tertiary alicyclic amines) is 1. The fraction of sp³-hybridized carbons (Fsp3) is 1.00. The van der Waals surface area contributed by atoms with Crippen LogP contribution in [0.5, 0.6) is 0 Å². The quantitative estimate of drug-likeness (QED) is 0.664. The van der Waals surface area contributed by atoms with Crippen LogP contribution in [-0.4, -0.2) is 103 Å². The highest BCUT2D eigenvalue weighted by Crippen LogP contribution is 2.28. The molecule has 0 N–H and O–H groups in total. The van der Waals surface area contributed by atoms with E-state index in [9.17, 15) is 8.78 Å². The van der Waals surface area contributed by atoms with E-state index < -0.39 is 5.92 Å². The van der Waals surface area contributed by atoms with Crippen molar-refractivity contribution < 1.29 is 8.78 Å². The number of hydrogen-bond acceptors (Lipinski definition) is 4. The Morgan fingerprint density at radius 2 is 0.828 bits per heavy atom. The highest BCUT2D eigenvalue weighted by Gasteiger charge is 2.34. The summed E-state index contributed by atoms with van der Waals surface area (Å²) in [5.74, 6) is -2.40. The lowest BCUT2D eigenvalue weighted by Crippen LogP contribution is -2.50. The molecule has 0 aromatic heterocycles. The molecule has 2 fully saturated rings. The average Bonchev–Trinajstić information content (AvgIpc) is 2.62. The van der Waals surface area contributed by atoms with Crippen molar-refractivity contribution in [1.82, 2.24) is 19.6 Å². The molecule has 0 aromatic rings. The summed E-state index contributed by atoms with van der Waals surface area (Å²) in [6.45, 7) is 23.6. The lowest BCUT2D eigenvalue weighted by Gasteiger charge is -2.38. The van der Waals surface area contributed by atoms with Gasteiger partial charge in [-0.25, -0.2) is 8.78 Å². The second-order valence-electron chi connectivity index (χ2n) is 9.80. The first kappa shape index (κ1) is 28.7. The molecule has 0 atom stereocenters. The van der Waals surface area contributed by atoms with Crippen LogP contribution in [0.15, 0.2) is 0 Å². The maximum Gasteiger partial charge on any atom is 0.250 e. The molecule has 0 spiro atoms. The molecule has 29 heavy (non-hydrogen) atoms. The summed E-state index contributed by atoms with van der Waals surface area (Å²) in [7, 11) is 4.15. The fourth-order valence-corrected chi connectivity index (χ4v) is 3.14. The Labute approximate surface area is 180 Å². The molecule has 2 aliphatic rings. The molecule has 0 bridgehead atoms. The lowest BCUT2D eigenvalue weighted by molar-refractivity contribution is -0.0603. The molecule has 2 saturated heterocycles. The zero-order chi connectivity index (χ0) is 22.8. The van der Waals surface area contributed by atoms with Crippen molar-refractivity contribution in [2.75, 3.05) is 53.4 Å². The van der Waals surface area contributed by atoms with E-state index in [1.54, 1.807) is 0 Å². The lowest BCUT2D eigenvalue weighted by atomic mass is 10.1. The van der Waals surface area contributed by atoms with Crippen LogP contribution in [0.25, 0.3) is 0 Å². The second-order valence-corrected chi connectivity index (χ2v) is 9.80. The van der Waals surface area contributed by atoms with Crippen molar-refractivity contribution in [3.63, 3.8) is 0 Å². The van der Waals surface area contributed by atoms with Gasteiger partial charge < -0.3 is 9.80 Å². The van der Waals surface area contributed by atoms with Crippen LogP contribution in [-0.2, 0) is 0 Å². The number of nitrogens with zero attached hydrogens (tertiary/aromatic N) is 4. The fourth-order valence-electron chi connectivity index (χ4n) is 3.14. The molecule has 0 aliphatic carbocycles. The Morgan fingerprint density at radius 1 is 0.586 bits per heavy atom. The van der Waals surface area contributed by atoms with Gasteiger partial charge >= 0.3 is 0 Å². The summed E-state index contributed by atoms with van der Waals surface area (Å²) in [6, 6.07) is 2.54. The van der Waals surface area contributed by atoms with Gasteiger partial charge in [-0.15, -0.1) is 0 Å². The molecule has 0 amide bonds. The van der Waals surface area contributed by atoms with Gasteiger partial charge in [-0.2, -0.15) is 0 Å². The highest BCUT2D eigenvalue weighted by atomic mass is 19.3. The maximum absolute atomic E-state index is 12.6. The van der Waals surface area contributed by atoms with Gasteiger partial charge in [0.25, 0.3) is 5.92 Å². The van der Waals surface area contributed by atoms with Gasteiger partial charge in [0.05, 0.1) is 0 Å². The molecule has 0 saturated carbocycles. The zero-order valence-corrected chi connectivity index (χ0v) is 21.0. The number of piperazine rings is 1. The summed E-state index contributed by atoms with van der Waals surface area (Å²) in [6.07, 6.45) is 0.0658. The number of rotatable bonds is 4. The molecule has 176 valence electrons. The van der Waals surface area contributed by atoms with Gasteiger partial charge in [0.15, 0.2) is 0 Å². The third-order valence-corrected chi connectivity index (χ3v) is 6.10. The molecule has 4 nitrogen and oxygen atoms in total. The molecule has 2 heterocycles. The summed E-state index contributed by atoms with van der Waals surface area (Å²) in [5, 5.41) is 0. The number of alkyl halides is 2. The van der Waals surface area contributed by atoms with Crippen molar-refractivity contribution in [3.05, 3.63) is 0 Å². The van der Waals surface area contributed by atoms with Crippen molar-refractivity contribution in [2.45, 2.75) is 98.3 Å². The van der Waals surface area contributed by atoms with Crippen LogP contribution in [0, 0.1) is 0 Å². The van der Waals surface area contributed by atoms with Crippen LogP contribution in [0.3, 0.4) is 0 Å². The number of piperidine rings is 1. The molecule has 0 radical (unpaired) electrons. The molecule has 0 aromatic carbocycles. The van der Waals surface area contributed by atoms with E-state index in [2.05, 4.69) is 75.2 Å². The van der Waals surface area contributed by atoms with Gasteiger partial charge in [-0.1, -0.05) is 0 Å². The predicted octanol–water partition coefficient (Wildman–Crippen LogP) is 4.50. The third-order valence-electron chi connectivity index (χ3n) is 6.10. The summed E-state index contributed by atoms with van der Waals surface area (Å²) in [4.78, 5) is 9.37. The van der Waals surface area contributed by atoms with Gasteiger partial charge in [-0.3, -0.25) is 9.80 Å². The Morgan fingerprint density at radius 3 is 1.03 bits per heavy atom. The average molecular weight is 421 g/mol. The first-order valence-corrected chi connectivity index (χ1v) is 11.5. The van der Waals surface area contributed by atoms with E-state index in [1.165, 1.54) is 26.2 Å². The molecule has 6 heteroatoms. The molecule has 2 aliphatic heterocycles. The van der Waals surface area contributed by atoms with Gasteiger partial charge in [0, 0.05) is 76.3 Å². The molecule has 2 rings (SSSR count). The maximum atomic E-state index is 12.6. The van der Waals surface area contributed by atoms with Crippen LogP contribution < -0.4 is 0 Å². The minimum Gasteiger partial charge on any atom is -0.307 e. The zero-order valence-electron chi connectivity index (χ0n) is 21.0. The summed E-state index contributed by atoms with van der Waals surface area (Å²) >= 11 is 0. The Hall–Kier alpha value is -0.300. The largest absolute Gasteiger partial charge is 0.307 e. The van der Waals surface area contributed by atoms with Crippen molar-refractivity contribution >= 4 is 0 Å². The smallest absolute Gasteiger partial charge is 0.250 e. The first-order valence-electron chi connectivity index (χ1n) is 11.5. The number of hydrogen-bond donors (Lipinski definition) is 0. The Bertz CT molecular complexity index is 372. The molecule has 0 unspecified atom stereocenters. The normalized spacial score (nSPS) is 21.4. The highest BCUT2D eigenvalue weighted by molar-refractivity contribution is 4.79. The SMILES string of the molecule is CC(C)N(C)C.CC(C)N1CCC(F)(F)CC1.CC(C)N1CCN(C(C)C)CC1. The van der Waals surface area contributed by atoms with E-state index in [0.717, 1.165) is 12.1 Å². The van der Waals surface area contributed by atoms with Gasteiger partial charge in [-0.05, 0) is 69.5 Å². The van der Waals surface area contributed by atoms with E-state index in [1.807, 2.05) is 13.8 Å². The summed E-state index contributed by atoms with van der Waals surface area (Å²) in [5.41, 5.74) is 0. The van der Waals surface area contributed by atoms with Crippen molar-refractivity contribution in [2.24, 2.45) is 0 Å². The van der Waals surface area contributed by atoms with E-state index in [0.29, 0.717) is 25.2 Å². The monoisotopic (exact) mass is 420 g/mol. The Kier molecular flexibility index (Phi) is 13.8. The minimum absolute atomic E-state index is 0.0329. The van der Waals surface area contributed by atoms with Gasteiger partial charge in [0.1, 0.15) is 0 Å². The number of halogens is 2. The van der Waals surface area contributed by atoms with Crippen molar-refractivity contribution in [1.29, 1.82) is 0 Å². The second kappa shape index (κ2) is 13.9. The molecular weight excluding hydrogens is 370 g/mol. The van der Waals surface area contributed by atoms with Crippen LogP contribution >= 0.6 is 0 Å². The predicted molar refractivity (Wildman–Crippen MR) is 123 cm³/mol. The summed E-state index contributed by atoms with van der Waals surface area (Å²) < 4.78 is 25.2. The van der Waals surface area contributed by atoms with E-state index in [-0.39, 0.29) is 12.8 Å². The standard InChI is InChI=1S/C10H22N2.C8H15F2N.C5H13N/c1-9(2)11-5-7-12(8-6-11)10(3)4;1-7(2)11-5-3-8(9,10)4-6-11;1-5(2)6(3)4/h9-10H,5-8H2,1-4H3;7H,3-6H2,1-2H3;5H,1-4H3. The van der Waals surface area contributed by atoms with Crippen molar-refractivity contribution in [3.8, 4) is 0 Å². The minimum atomic E-state index is -2.40. The van der Waals surface area contributed by atoms with Crippen LogP contribution in [0.4, 0.5) is 8.78 Å². The van der Waals surface area contributed by atoms with Crippen LogP contribution in [0.1, 0.15) is 68.2 Å². The topological polar surface area (TPSA) is 13.0 Å². The molecular formula is C23H50F2N4.